The molecule has 2 aliphatic carbocycles. The van der Waals surface area contributed by atoms with Crippen LogP contribution >= 0.6 is 0 Å². The van der Waals surface area contributed by atoms with Crippen molar-refractivity contribution in [2.75, 3.05) is 25.0 Å². The zero-order chi connectivity index (χ0) is 21.3. The summed E-state index contributed by atoms with van der Waals surface area (Å²) in [7, 11) is -3.71. The number of hydrogen-bond acceptors (Lipinski definition) is 4. The fourth-order valence-electron chi connectivity index (χ4n) is 5.14. The number of urea groups is 1. The molecule has 0 aromatic heterocycles. The van der Waals surface area contributed by atoms with Gasteiger partial charge in [0.2, 0.25) is 10.0 Å². The number of likely N-dealkylation sites (tertiary alicyclic amines) is 1. The Morgan fingerprint density at radius 2 is 1.70 bits per heavy atom. The summed E-state index contributed by atoms with van der Waals surface area (Å²) in [4.78, 5) is 15.0. The predicted molar refractivity (Wildman–Crippen MR) is 120 cm³/mol. The first-order valence-corrected chi connectivity index (χ1v) is 13.1. The molecule has 0 bridgehead atoms. The lowest BCUT2D eigenvalue weighted by molar-refractivity contribution is 0.190. The molecular weight excluding hydrogens is 398 g/mol. The van der Waals surface area contributed by atoms with Crippen molar-refractivity contribution in [3.8, 4) is 0 Å². The summed E-state index contributed by atoms with van der Waals surface area (Å²) in [5, 5.41) is 2.32. The molecule has 166 valence electrons. The lowest BCUT2D eigenvalue weighted by Gasteiger charge is -2.30. The van der Waals surface area contributed by atoms with Gasteiger partial charge in [0.05, 0.1) is 5.25 Å². The van der Waals surface area contributed by atoms with Crippen LogP contribution in [0.3, 0.4) is 0 Å². The Balaban J connectivity index is 1.37. The van der Waals surface area contributed by atoms with Crippen molar-refractivity contribution in [1.29, 1.82) is 0 Å². The van der Waals surface area contributed by atoms with Crippen molar-refractivity contribution < 1.29 is 13.2 Å². The fourth-order valence-corrected chi connectivity index (χ4v) is 6.07. The minimum absolute atomic E-state index is 0.535. The number of rotatable bonds is 6. The van der Waals surface area contributed by atoms with Crippen LogP contribution in [0.15, 0.2) is 6.07 Å². The third kappa shape index (κ3) is 4.67. The molecule has 0 radical (unpaired) electrons. The lowest BCUT2D eigenvalue weighted by atomic mass is 9.99. The maximum absolute atomic E-state index is 12.7. The predicted octanol–water partition coefficient (Wildman–Crippen LogP) is 3.63. The zero-order valence-corrected chi connectivity index (χ0v) is 19.1. The quantitative estimate of drug-likeness (QED) is 0.718. The van der Waals surface area contributed by atoms with Crippen molar-refractivity contribution in [2.24, 2.45) is 5.92 Å². The van der Waals surface area contributed by atoms with Gasteiger partial charge in [-0.15, -0.1) is 0 Å². The number of sulfonamides is 1. The molecule has 1 fully saturated rings. The van der Waals surface area contributed by atoms with Crippen molar-refractivity contribution in [3.05, 3.63) is 28.3 Å². The minimum atomic E-state index is -3.71. The van der Waals surface area contributed by atoms with E-state index in [1.807, 2.05) is 0 Å². The Kier molecular flexibility index (Phi) is 6.39. The van der Waals surface area contributed by atoms with E-state index in [4.69, 9.17) is 0 Å². The van der Waals surface area contributed by atoms with Gasteiger partial charge in [-0.1, -0.05) is 13.0 Å². The number of amides is 2. The largest absolute Gasteiger partial charge is 0.332 e. The van der Waals surface area contributed by atoms with Gasteiger partial charge < -0.3 is 10.2 Å². The first kappa shape index (κ1) is 21.6. The number of carbonyl (C=O) groups excluding carboxylic acids is 1. The molecule has 1 aliphatic heterocycles. The van der Waals surface area contributed by atoms with E-state index < -0.39 is 21.3 Å². The molecule has 1 unspecified atom stereocenters. The van der Waals surface area contributed by atoms with E-state index in [0.717, 1.165) is 69.8 Å². The van der Waals surface area contributed by atoms with E-state index in [-0.39, 0.29) is 0 Å². The van der Waals surface area contributed by atoms with E-state index in [2.05, 4.69) is 27.9 Å². The second-order valence-corrected chi connectivity index (χ2v) is 11.6. The smallest absolute Gasteiger partial charge is 0.307 e. The number of aryl methyl sites for hydroxylation is 2. The molecule has 3 aliphatic rings. The van der Waals surface area contributed by atoms with E-state index in [1.54, 1.807) is 6.92 Å². The molecule has 2 N–H and O–H groups in total. The maximum Gasteiger partial charge on any atom is 0.332 e. The fraction of sp³-hybridized carbons (Fsp3) is 0.696. The third-order valence-corrected chi connectivity index (χ3v) is 8.97. The molecule has 1 saturated heterocycles. The van der Waals surface area contributed by atoms with Gasteiger partial charge in [-0.3, -0.25) is 0 Å². The van der Waals surface area contributed by atoms with Gasteiger partial charge in [0.25, 0.3) is 0 Å². The van der Waals surface area contributed by atoms with Gasteiger partial charge in [0.15, 0.2) is 0 Å². The first-order chi connectivity index (χ1) is 14.3. The van der Waals surface area contributed by atoms with Crippen LogP contribution in [0, 0.1) is 5.92 Å². The molecule has 6 nitrogen and oxygen atoms in total. The third-order valence-electron chi connectivity index (χ3n) is 7.20. The van der Waals surface area contributed by atoms with E-state index >= 15 is 0 Å². The highest BCUT2D eigenvalue weighted by atomic mass is 32.2. The van der Waals surface area contributed by atoms with Gasteiger partial charge in [0, 0.05) is 5.69 Å². The van der Waals surface area contributed by atoms with Crippen LogP contribution < -0.4 is 10.0 Å². The Hall–Kier alpha value is -1.60. The molecule has 7 heteroatoms. The highest BCUT2D eigenvalue weighted by Gasteiger charge is 2.28. The summed E-state index contributed by atoms with van der Waals surface area (Å²) in [5.74, 6) is 0.758. The Labute approximate surface area is 180 Å². The van der Waals surface area contributed by atoms with Crippen molar-refractivity contribution in [3.63, 3.8) is 0 Å². The molecule has 0 saturated carbocycles. The number of anilines is 1. The van der Waals surface area contributed by atoms with Crippen LogP contribution in [0.2, 0.25) is 0 Å². The molecule has 0 spiro atoms. The summed E-state index contributed by atoms with van der Waals surface area (Å²) < 4.78 is 27.8. The van der Waals surface area contributed by atoms with Crippen LogP contribution in [0.5, 0.6) is 0 Å². The highest BCUT2D eigenvalue weighted by molar-refractivity contribution is 7.90. The van der Waals surface area contributed by atoms with Gasteiger partial charge in [-0.2, -0.15) is 0 Å². The van der Waals surface area contributed by atoms with Crippen LogP contribution in [0.4, 0.5) is 10.5 Å². The zero-order valence-electron chi connectivity index (χ0n) is 18.3. The normalized spacial score (nSPS) is 20.6. The molecule has 2 amide bonds. The van der Waals surface area contributed by atoms with Crippen LogP contribution in [0.1, 0.15) is 68.2 Å². The van der Waals surface area contributed by atoms with Gasteiger partial charge in [-0.05, 0) is 113 Å². The highest BCUT2D eigenvalue weighted by Crippen LogP contribution is 2.38. The second kappa shape index (κ2) is 8.87. The van der Waals surface area contributed by atoms with Gasteiger partial charge in [0.1, 0.15) is 0 Å². The number of benzene rings is 1. The van der Waals surface area contributed by atoms with Crippen LogP contribution in [-0.2, 0) is 35.7 Å². The SMILES string of the molecule is CC1CCN(CCC(C)S(=O)(=O)NC(=O)Nc2c3c(cc4c2CCC4)CCC3)CC1. The first-order valence-electron chi connectivity index (χ1n) is 11.5. The molecular formula is C23H35N3O3S. The lowest BCUT2D eigenvalue weighted by Crippen LogP contribution is -2.42. The number of carbonyl (C=O) groups is 1. The summed E-state index contributed by atoms with van der Waals surface area (Å²) in [6.45, 7) is 6.79. The van der Waals surface area contributed by atoms with Crippen molar-refractivity contribution in [2.45, 2.75) is 76.9 Å². The molecule has 4 rings (SSSR count). The Morgan fingerprint density at radius 1 is 1.10 bits per heavy atom. The van der Waals surface area contributed by atoms with Crippen molar-refractivity contribution in [1.82, 2.24) is 9.62 Å². The van der Waals surface area contributed by atoms with Crippen molar-refractivity contribution >= 4 is 21.7 Å². The monoisotopic (exact) mass is 433 g/mol. The minimum Gasteiger partial charge on any atom is -0.307 e. The second-order valence-electron chi connectivity index (χ2n) is 9.46. The number of fused-ring (bicyclic) bond motifs is 2. The van der Waals surface area contributed by atoms with Crippen LogP contribution in [-0.4, -0.2) is 44.2 Å². The van der Waals surface area contributed by atoms with E-state index in [0.29, 0.717) is 6.42 Å². The number of hydrogen-bond donors (Lipinski definition) is 2. The van der Waals surface area contributed by atoms with Crippen LogP contribution in [0.25, 0.3) is 0 Å². The molecule has 1 aromatic rings. The average molecular weight is 434 g/mol. The van der Waals surface area contributed by atoms with E-state index in [9.17, 15) is 13.2 Å². The summed E-state index contributed by atoms with van der Waals surface area (Å²) >= 11 is 0. The maximum atomic E-state index is 12.7. The molecule has 30 heavy (non-hydrogen) atoms. The molecule has 1 heterocycles. The number of nitrogens with zero attached hydrogens (tertiary/aromatic N) is 1. The topological polar surface area (TPSA) is 78.5 Å². The van der Waals surface area contributed by atoms with Gasteiger partial charge >= 0.3 is 6.03 Å². The summed E-state index contributed by atoms with van der Waals surface area (Å²) in [6.07, 6.45) is 9.07. The average Bonchev–Trinajstić information content (AvgIpc) is 3.36. The Bertz CT molecular complexity index is 873. The van der Waals surface area contributed by atoms with Gasteiger partial charge in [-0.25, -0.2) is 17.9 Å². The standard InChI is InChI=1S/C23H35N3O3S/c1-16-9-12-26(13-10-16)14-11-17(2)30(28,29)25-23(27)24-22-20-7-3-5-18(20)15-19-6-4-8-21(19)22/h15-17H,3-14H2,1-2H3,(H2,24,25,27). The summed E-state index contributed by atoms with van der Waals surface area (Å²) in [5.41, 5.74) is 5.92. The van der Waals surface area contributed by atoms with E-state index in [1.165, 1.54) is 35.1 Å². The molecule has 1 aromatic carbocycles. The Morgan fingerprint density at radius 3 is 2.30 bits per heavy atom. The number of nitrogens with one attached hydrogen (secondary N) is 2. The number of piperidine rings is 1. The molecule has 1 atom stereocenters. The summed E-state index contributed by atoms with van der Waals surface area (Å²) in [6, 6.07) is 1.68.